The van der Waals surface area contributed by atoms with Crippen LogP contribution in [0.5, 0.6) is 5.75 Å². The molecule has 3 fully saturated rings. The Labute approximate surface area is 254 Å². The summed E-state index contributed by atoms with van der Waals surface area (Å²) in [6.07, 6.45) is 5.37. The molecule has 5 heterocycles. The van der Waals surface area contributed by atoms with Crippen LogP contribution in [0.3, 0.4) is 0 Å². The minimum absolute atomic E-state index is 0.0842. The number of aliphatic hydroxyl groups excluding tert-OH is 1. The lowest BCUT2D eigenvalue weighted by Gasteiger charge is -2.50. The van der Waals surface area contributed by atoms with E-state index in [2.05, 4.69) is 55.5 Å². The van der Waals surface area contributed by atoms with E-state index in [9.17, 15) is 5.11 Å². The first kappa shape index (κ1) is 27.8. The molecule has 4 unspecified atom stereocenters. The monoisotopic (exact) mass is 591 g/mol. The Balaban J connectivity index is 1.20. The second kappa shape index (κ2) is 11.2. The molecule has 1 aliphatic carbocycles. The second-order valence-corrected chi connectivity index (χ2v) is 12.8. The molecule has 0 saturated carbocycles. The van der Waals surface area contributed by atoms with Crippen molar-refractivity contribution in [2.45, 2.75) is 25.0 Å². The van der Waals surface area contributed by atoms with Crippen molar-refractivity contribution in [2.24, 2.45) is 22.1 Å². The number of methoxy groups -OCH3 is 1. The fourth-order valence-corrected chi connectivity index (χ4v) is 7.68. The van der Waals surface area contributed by atoms with E-state index in [1.807, 2.05) is 50.5 Å². The van der Waals surface area contributed by atoms with Gasteiger partial charge in [-0.05, 0) is 79.3 Å². The number of aliphatic hydroxyl groups is 1. The molecule has 1 N–H and O–H groups in total. The quantitative estimate of drug-likeness (QED) is 0.108. The predicted molar refractivity (Wildman–Crippen MR) is 173 cm³/mol. The van der Waals surface area contributed by atoms with Crippen molar-refractivity contribution in [3.63, 3.8) is 0 Å². The Kier molecular flexibility index (Phi) is 7.25. The van der Waals surface area contributed by atoms with Crippen molar-refractivity contribution in [3.05, 3.63) is 84.4 Å². The highest BCUT2D eigenvalue weighted by molar-refractivity contribution is 7.21. The van der Waals surface area contributed by atoms with E-state index >= 15 is 0 Å². The standard InChI is InChI=1S/C34H35N6O2S/c1-5-20-19-40-13-11-21(20)14-30(40)34(41)24-10-12-35-28-18-29(31(42-4)17-25(24)28)38-37-22-6-8-26-32(15-22)43-33-16-23(39(2)3)7-9-27(33)36-26/h5-10,12,15-18,20-21,30,34,41H,1,11,13-14,19H2,2-4H3/q+1/t20?,21?,30?,34-/m1/s1. The van der Waals surface area contributed by atoms with Crippen LogP contribution in [0.15, 0.2) is 83.7 Å². The van der Waals surface area contributed by atoms with Crippen molar-refractivity contribution in [1.29, 1.82) is 0 Å². The second-order valence-electron chi connectivity index (χ2n) is 11.7. The fraction of sp³-hybridized carbons (Fsp3) is 0.324. The van der Waals surface area contributed by atoms with Gasteiger partial charge in [-0.2, -0.15) is 5.11 Å². The van der Waals surface area contributed by atoms with Crippen molar-refractivity contribution in [2.75, 3.05) is 34.3 Å². The largest absolute Gasteiger partial charge is 0.494 e. The molecule has 1 aromatic heterocycles. The highest BCUT2D eigenvalue weighted by atomic mass is 32.1. The Morgan fingerprint density at radius 1 is 1.12 bits per heavy atom. The maximum atomic E-state index is 11.6. The average molecular weight is 592 g/mol. The van der Waals surface area contributed by atoms with Crippen LogP contribution in [0, 0.1) is 11.8 Å². The van der Waals surface area contributed by atoms with Gasteiger partial charge in [0.15, 0.2) is 0 Å². The van der Waals surface area contributed by atoms with Crippen LogP contribution in [0.4, 0.5) is 11.4 Å². The number of pyridine rings is 1. The first-order chi connectivity index (χ1) is 20.9. The summed E-state index contributed by atoms with van der Waals surface area (Å²) in [5, 5.41) is 22.8. The summed E-state index contributed by atoms with van der Waals surface area (Å²) in [7, 11) is 5.70. The van der Waals surface area contributed by atoms with Gasteiger partial charge in [0.05, 0.1) is 45.2 Å². The van der Waals surface area contributed by atoms with E-state index in [-0.39, 0.29) is 6.04 Å². The number of ether oxygens (including phenoxy) is 1. The lowest BCUT2D eigenvalue weighted by atomic mass is 9.73. The zero-order valence-corrected chi connectivity index (χ0v) is 25.5. The predicted octanol–water partition coefficient (Wildman–Crippen LogP) is 6.33. The number of rotatable bonds is 6. The zero-order valence-electron chi connectivity index (χ0n) is 24.6. The van der Waals surface area contributed by atoms with E-state index in [0.29, 0.717) is 23.3 Å². The molecule has 218 valence electrons. The van der Waals surface area contributed by atoms with Gasteiger partial charge in [-0.1, -0.05) is 6.08 Å². The summed E-state index contributed by atoms with van der Waals surface area (Å²) in [6, 6.07) is 18.1. The summed E-state index contributed by atoms with van der Waals surface area (Å²) in [6.45, 7) is 6.02. The van der Waals surface area contributed by atoms with E-state index in [1.54, 1.807) is 24.6 Å². The number of aromatic nitrogens is 2. The van der Waals surface area contributed by atoms with Crippen LogP contribution in [0.25, 0.3) is 31.7 Å². The molecular weight excluding hydrogens is 556 g/mol. The molecule has 4 aliphatic heterocycles. The molecule has 0 spiro atoms. The van der Waals surface area contributed by atoms with Crippen LogP contribution in [0.2, 0.25) is 0 Å². The van der Waals surface area contributed by atoms with Crippen LogP contribution in [0.1, 0.15) is 24.5 Å². The molecule has 9 heteroatoms. The number of benzene rings is 3. The fourth-order valence-electron chi connectivity index (χ4n) is 6.65. The molecule has 0 amide bonds. The van der Waals surface area contributed by atoms with Crippen LogP contribution in [-0.4, -0.2) is 60.3 Å². The number of fused-ring (bicyclic) bond motifs is 6. The summed E-state index contributed by atoms with van der Waals surface area (Å²) >= 11 is 1.69. The molecular formula is C34H35N6O2S+. The van der Waals surface area contributed by atoms with Gasteiger partial charge in [-0.25, -0.2) is 9.56 Å². The van der Waals surface area contributed by atoms with E-state index in [4.69, 9.17) is 9.72 Å². The van der Waals surface area contributed by atoms with Gasteiger partial charge in [0.25, 0.3) is 0 Å². The molecule has 3 aromatic rings. The minimum atomic E-state index is -0.617. The third kappa shape index (κ3) is 5.11. The van der Waals surface area contributed by atoms with E-state index in [0.717, 1.165) is 67.8 Å². The first-order valence-corrected chi connectivity index (χ1v) is 15.5. The Hall–Kier alpha value is -4.05. The number of piperidine rings is 3. The molecule has 8 rings (SSSR count). The Bertz CT molecular complexity index is 1930. The van der Waals surface area contributed by atoms with Gasteiger partial charge in [0, 0.05) is 36.3 Å². The molecule has 2 bridgehead atoms. The van der Waals surface area contributed by atoms with E-state index in [1.165, 1.54) is 6.42 Å². The number of hydrogen-bond donors (Lipinski definition) is 1. The van der Waals surface area contributed by atoms with Crippen molar-refractivity contribution < 1.29 is 9.84 Å². The Morgan fingerprint density at radius 3 is 2.77 bits per heavy atom. The first-order valence-electron chi connectivity index (χ1n) is 14.7. The maximum absolute atomic E-state index is 11.6. The van der Waals surface area contributed by atoms with Gasteiger partial charge in [0.1, 0.15) is 25.5 Å². The van der Waals surface area contributed by atoms with E-state index < -0.39 is 6.10 Å². The van der Waals surface area contributed by atoms with Gasteiger partial charge in [-0.3, -0.25) is 9.88 Å². The van der Waals surface area contributed by atoms with Crippen LogP contribution < -0.4 is 14.7 Å². The third-order valence-corrected chi connectivity index (χ3v) is 10.1. The average Bonchev–Trinajstić information content (AvgIpc) is 3.04. The number of hydrogen-bond acceptors (Lipinski definition) is 8. The SMILES string of the molecule is C=CC1CN2CCC1CC2[C@H](O)c1ccnc2cc(N=Nc3ccc4nc5ccc(=[N+](C)C)cc-5sc4c3)c(OC)cc12. The third-order valence-electron chi connectivity index (χ3n) is 9.05. The number of nitrogens with zero attached hydrogens (tertiary/aromatic N) is 6. The summed E-state index contributed by atoms with van der Waals surface area (Å²) in [5.74, 6) is 1.68. The summed E-state index contributed by atoms with van der Waals surface area (Å²) < 4.78 is 8.88. The van der Waals surface area contributed by atoms with Crippen molar-refractivity contribution in [3.8, 4) is 16.3 Å². The lowest BCUT2D eigenvalue weighted by molar-refractivity contribution is -0.0444. The molecule has 2 aromatic carbocycles. The van der Waals surface area contributed by atoms with Gasteiger partial charge < -0.3 is 9.84 Å². The molecule has 43 heavy (non-hydrogen) atoms. The van der Waals surface area contributed by atoms with Crippen LogP contribution in [-0.2, 0) is 0 Å². The lowest BCUT2D eigenvalue weighted by Crippen LogP contribution is -2.54. The van der Waals surface area contributed by atoms with Gasteiger partial charge >= 0.3 is 0 Å². The molecule has 5 atom stereocenters. The topological polar surface area (TPSA) is 86.2 Å². The maximum Gasteiger partial charge on any atom is 0.201 e. The van der Waals surface area contributed by atoms with Crippen molar-refractivity contribution in [1.82, 2.24) is 19.4 Å². The molecule has 3 saturated heterocycles. The normalized spacial score (nSPS) is 22.4. The Morgan fingerprint density at radius 2 is 2.00 bits per heavy atom. The van der Waals surface area contributed by atoms with Crippen molar-refractivity contribution >= 4 is 43.8 Å². The molecule has 0 radical (unpaired) electrons. The minimum Gasteiger partial charge on any atom is -0.494 e. The highest BCUT2D eigenvalue weighted by Gasteiger charge is 2.42. The smallest absolute Gasteiger partial charge is 0.201 e. The summed E-state index contributed by atoms with van der Waals surface area (Å²) in [5.41, 5.74) is 4.83. The number of azo groups is 1. The molecule has 5 aliphatic rings. The molecule has 8 nitrogen and oxygen atoms in total. The summed E-state index contributed by atoms with van der Waals surface area (Å²) in [4.78, 5) is 13.0. The van der Waals surface area contributed by atoms with Gasteiger partial charge in [0.2, 0.25) is 5.36 Å². The van der Waals surface area contributed by atoms with Crippen LogP contribution >= 0.6 is 11.3 Å². The van der Waals surface area contributed by atoms with Gasteiger partial charge in [-0.15, -0.1) is 23.0 Å². The highest BCUT2D eigenvalue weighted by Crippen LogP contribution is 2.43. The zero-order chi connectivity index (χ0) is 29.7.